The van der Waals surface area contributed by atoms with Crippen LogP contribution in [-0.2, 0) is 0 Å². The van der Waals surface area contributed by atoms with Gasteiger partial charge in [-0.05, 0) is 19.1 Å². The summed E-state index contributed by atoms with van der Waals surface area (Å²) in [5, 5.41) is 3.16. The summed E-state index contributed by atoms with van der Waals surface area (Å²) in [7, 11) is 3.25. The summed E-state index contributed by atoms with van der Waals surface area (Å²) in [6, 6.07) is 7.69. The van der Waals surface area contributed by atoms with Crippen molar-refractivity contribution in [2.24, 2.45) is 0 Å². The molecule has 5 nitrogen and oxygen atoms in total. The molecular weight excluding hydrogens is 242 g/mol. The molecule has 0 aliphatic heterocycles. The van der Waals surface area contributed by atoms with Crippen molar-refractivity contribution < 1.29 is 9.47 Å². The van der Waals surface area contributed by atoms with Crippen LogP contribution in [0.4, 0.5) is 5.82 Å². The number of benzene rings is 1. The second-order valence-corrected chi connectivity index (χ2v) is 3.87. The van der Waals surface area contributed by atoms with Gasteiger partial charge in [0.2, 0.25) is 0 Å². The van der Waals surface area contributed by atoms with Gasteiger partial charge in [-0.15, -0.1) is 0 Å². The molecule has 0 saturated carbocycles. The van der Waals surface area contributed by atoms with Crippen LogP contribution in [-0.4, -0.2) is 30.7 Å². The van der Waals surface area contributed by atoms with Crippen molar-refractivity contribution in [2.75, 3.05) is 26.1 Å². The van der Waals surface area contributed by atoms with Crippen molar-refractivity contribution in [3.63, 3.8) is 0 Å². The van der Waals surface area contributed by atoms with E-state index in [-0.39, 0.29) is 0 Å². The Morgan fingerprint density at radius 2 is 2.00 bits per heavy atom. The molecule has 0 aliphatic rings. The van der Waals surface area contributed by atoms with Crippen LogP contribution >= 0.6 is 0 Å². The number of ether oxygens (including phenoxy) is 2. The minimum Gasteiger partial charge on any atom is -0.497 e. The van der Waals surface area contributed by atoms with E-state index < -0.39 is 0 Å². The number of hydrogen-bond donors (Lipinski definition) is 1. The van der Waals surface area contributed by atoms with Gasteiger partial charge in [0.1, 0.15) is 17.8 Å². The lowest BCUT2D eigenvalue weighted by molar-refractivity contribution is 0.412. The summed E-state index contributed by atoms with van der Waals surface area (Å²) < 4.78 is 10.7. The van der Waals surface area contributed by atoms with Gasteiger partial charge in [0, 0.05) is 12.1 Å². The second-order valence-electron chi connectivity index (χ2n) is 3.87. The molecular formula is C14H17N3O2. The lowest BCUT2D eigenvalue weighted by Gasteiger charge is -2.12. The fourth-order valence-corrected chi connectivity index (χ4v) is 1.84. The Morgan fingerprint density at radius 3 is 2.68 bits per heavy atom. The maximum Gasteiger partial charge on any atom is 0.187 e. The third-order valence-electron chi connectivity index (χ3n) is 2.70. The van der Waals surface area contributed by atoms with Crippen molar-refractivity contribution in [3.8, 4) is 22.8 Å². The average Bonchev–Trinajstić information content (AvgIpc) is 2.47. The molecule has 0 saturated heterocycles. The third kappa shape index (κ3) is 2.76. The summed E-state index contributed by atoms with van der Waals surface area (Å²) in [5.41, 5.74) is 1.67. The molecule has 0 aliphatic carbocycles. The molecule has 1 aromatic heterocycles. The number of rotatable bonds is 5. The van der Waals surface area contributed by atoms with Gasteiger partial charge in [-0.1, -0.05) is 12.1 Å². The zero-order valence-electron chi connectivity index (χ0n) is 11.3. The zero-order chi connectivity index (χ0) is 13.7. The van der Waals surface area contributed by atoms with E-state index in [1.807, 2.05) is 31.2 Å². The molecule has 1 aromatic carbocycles. The second kappa shape index (κ2) is 6.04. The number of hydrogen-bond acceptors (Lipinski definition) is 5. The van der Waals surface area contributed by atoms with Crippen LogP contribution in [0.2, 0.25) is 0 Å². The number of methoxy groups -OCH3 is 2. The first kappa shape index (κ1) is 13.1. The van der Waals surface area contributed by atoms with Crippen molar-refractivity contribution in [1.29, 1.82) is 0 Å². The van der Waals surface area contributed by atoms with Crippen molar-refractivity contribution >= 4 is 5.82 Å². The van der Waals surface area contributed by atoms with Crippen molar-refractivity contribution in [2.45, 2.75) is 6.92 Å². The molecule has 2 aromatic rings. The first-order valence-electron chi connectivity index (χ1n) is 6.07. The first-order valence-corrected chi connectivity index (χ1v) is 6.07. The number of anilines is 1. The molecule has 0 amide bonds. The highest BCUT2D eigenvalue weighted by Gasteiger charge is 2.13. The topological polar surface area (TPSA) is 56.3 Å². The lowest BCUT2D eigenvalue weighted by atomic mass is 10.1. The van der Waals surface area contributed by atoms with E-state index in [1.165, 1.54) is 6.33 Å². The van der Waals surface area contributed by atoms with Crippen LogP contribution in [0.5, 0.6) is 11.5 Å². The highest BCUT2D eigenvalue weighted by Crippen LogP contribution is 2.34. The molecule has 100 valence electrons. The first-order chi connectivity index (χ1) is 9.30. The molecule has 0 spiro atoms. The molecule has 1 heterocycles. The molecule has 19 heavy (non-hydrogen) atoms. The Bertz CT molecular complexity index is 558. The van der Waals surface area contributed by atoms with Crippen LogP contribution in [0.3, 0.4) is 0 Å². The zero-order valence-corrected chi connectivity index (χ0v) is 11.3. The van der Waals surface area contributed by atoms with E-state index in [9.17, 15) is 0 Å². The largest absolute Gasteiger partial charge is 0.497 e. The molecule has 0 bridgehead atoms. The minimum absolute atomic E-state index is 0.637. The molecule has 0 fully saturated rings. The standard InChI is InChI=1S/C14H17N3O2/c1-4-15-14-13(19-3)12(16-9-17-14)10-6-5-7-11(8-10)18-2/h5-9H,4H2,1-3H3,(H,15,16,17). The number of nitrogens with zero attached hydrogens (tertiary/aromatic N) is 2. The molecule has 0 atom stereocenters. The number of nitrogens with one attached hydrogen (secondary N) is 1. The monoisotopic (exact) mass is 259 g/mol. The van der Waals surface area contributed by atoms with Gasteiger partial charge < -0.3 is 14.8 Å². The van der Waals surface area contributed by atoms with Crippen LogP contribution < -0.4 is 14.8 Å². The predicted molar refractivity (Wildman–Crippen MR) is 74.7 cm³/mol. The molecule has 2 rings (SSSR count). The minimum atomic E-state index is 0.637. The summed E-state index contributed by atoms with van der Waals surface area (Å²) in [4.78, 5) is 8.50. The Hall–Kier alpha value is -2.30. The maximum atomic E-state index is 5.43. The van der Waals surface area contributed by atoms with Gasteiger partial charge >= 0.3 is 0 Å². The van der Waals surface area contributed by atoms with E-state index in [1.54, 1.807) is 14.2 Å². The fourth-order valence-electron chi connectivity index (χ4n) is 1.84. The molecule has 1 N–H and O–H groups in total. The van der Waals surface area contributed by atoms with Crippen LogP contribution in [0.25, 0.3) is 11.3 Å². The summed E-state index contributed by atoms with van der Waals surface area (Å²) >= 11 is 0. The highest BCUT2D eigenvalue weighted by molar-refractivity contribution is 5.73. The molecule has 0 unspecified atom stereocenters. The Morgan fingerprint density at radius 1 is 1.16 bits per heavy atom. The Kier molecular flexibility index (Phi) is 4.18. The molecule has 5 heteroatoms. The van der Waals surface area contributed by atoms with E-state index in [0.717, 1.165) is 23.6 Å². The fraction of sp³-hybridized carbons (Fsp3) is 0.286. The van der Waals surface area contributed by atoms with Crippen LogP contribution in [0.15, 0.2) is 30.6 Å². The highest BCUT2D eigenvalue weighted by atomic mass is 16.5. The summed E-state index contributed by atoms with van der Waals surface area (Å²) in [5.74, 6) is 2.11. The van der Waals surface area contributed by atoms with E-state index >= 15 is 0 Å². The maximum absolute atomic E-state index is 5.43. The van der Waals surface area contributed by atoms with Gasteiger partial charge in [-0.3, -0.25) is 0 Å². The van der Waals surface area contributed by atoms with Gasteiger partial charge in [0.05, 0.1) is 14.2 Å². The quantitative estimate of drug-likeness (QED) is 0.894. The van der Waals surface area contributed by atoms with Crippen LogP contribution in [0, 0.1) is 0 Å². The average molecular weight is 259 g/mol. The summed E-state index contributed by atoms with van der Waals surface area (Å²) in [6.45, 7) is 2.78. The van der Waals surface area contributed by atoms with Gasteiger partial charge in [0.15, 0.2) is 11.6 Å². The Balaban J connectivity index is 2.51. The number of aromatic nitrogens is 2. The van der Waals surface area contributed by atoms with Crippen molar-refractivity contribution in [1.82, 2.24) is 9.97 Å². The third-order valence-corrected chi connectivity index (χ3v) is 2.70. The van der Waals surface area contributed by atoms with Gasteiger partial charge in [-0.25, -0.2) is 9.97 Å². The Labute approximate surface area is 112 Å². The van der Waals surface area contributed by atoms with Gasteiger partial charge in [0.25, 0.3) is 0 Å². The smallest absolute Gasteiger partial charge is 0.187 e. The van der Waals surface area contributed by atoms with E-state index in [2.05, 4.69) is 15.3 Å². The normalized spacial score (nSPS) is 10.1. The van der Waals surface area contributed by atoms with Crippen molar-refractivity contribution in [3.05, 3.63) is 30.6 Å². The van der Waals surface area contributed by atoms with E-state index in [0.29, 0.717) is 11.6 Å². The predicted octanol–water partition coefficient (Wildman–Crippen LogP) is 2.59. The SMILES string of the molecule is CCNc1ncnc(-c2cccc(OC)c2)c1OC. The lowest BCUT2D eigenvalue weighted by Crippen LogP contribution is -2.04. The van der Waals surface area contributed by atoms with Gasteiger partial charge in [-0.2, -0.15) is 0 Å². The summed E-state index contributed by atoms with van der Waals surface area (Å²) in [6.07, 6.45) is 1.52. The van der Waals surface area contributed by atoms with E-state index in [4.69, 9.17) is 9.47 Å². The molecule has 0 radical (unpaired) electrons. The van der Waals surface area contributed by atoms with Crippen LogP contribution in [0.1, 0.15) is 6.92 Å².